The van der Waals surface area contributed by atoms with Gasteiger partial charge in [0, 0.05) is 11.6 Å². The molecule has 0 unspecified atom stereocenters. The summed E-state index contributed by atoms with van der Waals surface area (Å²) in [5, 5.41) is 7.06. The van der Waals surface area contributed by atoms with Gasteiger partial charge in [0.25, 0.3) is 0 Å². The Labute approximate surface area is 144 Å². The highest BCUT2D eigenvalue weighted by Crippen LogP contribution is 2.23. The number of hydrogen-bond donors (Lipinski definition) is 2. The molecule has 0 saturated heterocycles. The number of rotatable bonds is 5. The van der Waals surface area contributed by atoms with Gasteiger partial charge in [-0.25, -0.2) is 4.79 Å². The van der Waals surface area contributed by atoms with E-state index in [1.807, 2.05) is 42.5 Å². The maximum absolute atomic E-state index is 12.0. The molecule has 24 heavy (non-hydrogen) atoms. The highest BCUT2D eigenvalue weighted by Gasteiger charge is 2.06. The zero-order chi connectivity index (χ0) is 16.8. The molecule has 3 rings (SSSR count). The summed E-state index contributed by atoms with van der Waals surface area (Å²) in [5.41, 5.74) is 1.42. The lowest BCUT2D eigenvalue weighted by atomic mass is 10.2. The van der Waals surface area contributed by atoms with E-state index in [9.17, 15) is 4.79 Å². The number of halogens is 1. The van der Waals surface area contributed by atoms with Crippen LogP contribution in [-0.4, -0.2) is 24.2 Å². The number of nitrogens with zero attached hydrogens (tertiary/aromatic N) is 1. The van der Waals surface area contributed by atoms with Crippen molar-refractivity contribution in [1.82, 2.24) is 10.3 Å². The number of amides is 2. The molecular formula is C18H16ClN3O2. The normalized spacial score (nSPS) is 10.4. The number of carbonyl (C=O) groups excluding carboxylic acids is 1. The largest absolute Gasteiger partial charge is 0.490 e. The van der Waals surface area contributed by atoms with E-state index in [0.29, 0.717) is 29.6 Å². The molecule has 0 fully saturated rings. The lowest BCUT2D eigenvalue weighted by molar-refractivity contribution is 0.247. The van der Waals surface area contributed by atoms with Crippen molar-refractivity contribution >= 4 is 34.2 Å². The van der Waals surface area contributed by atoms with Crippen LogP contribution in [0, 0.1) is 0 Å². The average molecular weight is 342 g/mol. The first-order valence-electron chi connectivity index (χ1n) is 7.50. The minimum absolute atomic E-state index is 0.309. The van der Waals surface area contributed by atoms with Crippen molar-refractivity contribution in [2.45, 2.75) is 0 Å². The second-order valence-corrected chi connectivity index (χ2v) is 5.45. The van der Waals surface area contributed by atoms with Crippen molar-refractivity contribution in [3.8, 4) is 5.75 Å². The minimum Gasteiger partial charge on any atom is -0.490 e. The maximum atomic E-state index is 12.0. The molecule has 122 valence electrons. The lowest BCUT2D eigenvalue weighted by Crippen LogP contribution is -2.32. The number of hydrogen-bond acceptors (Lipinski definition) is 3. The molecule has 0 aliphatic carbocycles. The number of urea groups is 1. The third-order valence-corrected chi connectivity index (χ3v) is 3.68. The fraction of sp³-hybridized carbons (Fsp3) is 0.111. The van der Waals surface area contributed by atoms with E-state index in [-0.39, 0.29) is 6.03 Å². The molecule has 0 aliphatic heterocycles. The zero-order valence-corrected chi connectivity index (χ0v) is 13.6. The predicted molar refractivity (Wildman–Crippen MR) is 95.7 cm³/mol. The van der Waals surface area contributed by atoms with Crippen LogP contribution in [0.5, 0.6) is 5.75 Å². The summed E-state index contributed by atoms with van der Waals surface area (Å²) in [5.74, 6) is 0.597. The van der Waals surface area contributed by atoms with Gasteiger partial charge in [-0.15, -0.1) is 0 Å². The number of anilines is 1. The van der Waals surface area contributed by atoms with Crippen LogP contribution in [0.3, 0.4) is 0 Å². The monoisotopic (exact) mass is 341 g/mol. The molecule has 5 nitrogen and oxygen atoms in total. The first kappa shape index (κ1) is 16.1. The summed E-state index contributed by atoms with van der Waals surface area (Å²) in [6.45, 7) is 0.681. The van der Waals surface area contributed by atoms with E-state index in [2.05, 4.69) is 15.6 Å². The van der Waals surface area contributed by atoms with E-state index >= 15 is 0 Å². The maximum Gasteiger partial charge on any atom is 0.319 e. The molecule has 1 heterocycles. The average Bonchev–Trinajstić information content (AvgIpc) is 2.60. The van der Waals surface area contributed by atoms with Crippen molar-refractivity contribution in [3.05, 3.63) is 65.8 Å². The molecule has 2 aromatic carbocycles. The molecule has 0 saturated carbocycles. The zero-order valence-electron chi connectivity index (χ0n) is 12.8. The van der Waals surface area contributed by atoms with Crippen LogP contribution in [0.1, 0.15) is 0 Å². The van der Waals surface area contributed by atoms with E-state index in [4.69, 9.17) is 16.3 Å². The van der Waals surface area contributed by atoms with E-state index in [1.54, 1.807) is 18.3 Å². The number of aromatic nitrogens is 1. The third-order valence-electron chi connectivity index (χ3n) is 3.36. The fourth-order valence-electron chi connectivity index (χ4n) is 2.26. The Hall–Kier alpha value is -2.79. The number of nitrogens with one attached hydrogen (secondary N) is 2. The molecule has 0 radical (unpaired) electrons. The van der Waals surface area contributed by atoms with Gasteiger partial charge in [0.05, 0.1) is 22.8 Å². The topological polar surface area (TPSA) is 63.2 Å². The van der Waals surface area contributed by atoms with Crippen LogP contribution < -0.4 is 15.4 Å². The van der Waals surface area contributed by atoms with Gasteiger partial charge in [0.1, 0.15) is 12.4 Å². The summed E-state index contributed by atoms with van der Waals surface area (Å²) >= 11 is 6.00. The number of benzene rings is 2. The number of ether oxygens (including phenoxy) is 1. The smallest absolute Gasteiger partial charge is 0.319 e. The van der Waals surface area contributed by atoms with Crippen LogP contribution in [-0.2, 0) is 0 Å². The summed E-state index contributed by atoms with van der Waals surface area (Å²) in [7, 11) is 0. The first-order chi connectivity index (χ1) is 11.7. The quantitative estimate of drug-likeness (QED) is 0.687. The molecule has 2 N–H and O–H groups in total. The van der Waals surface area contributed by atoms with Gasteiger partial charge in [0.15, 0.2) is 0 Å². The second kappa shape index (κ2) is 7.66. The number of pyridine rings is 1. The number of carbonyl (C=O) groups is 1. The van der Waals surface area contributed by atoms with Gasteiger partial charge in [-0.1, -0.05) is 41.9 Å². The predicted octanol–water partition coefficient (Wildman–Crippen LogP) is 4.09. The van der Waals surface area contributed by atoms with Crippen LogP contribution in [0.15, 0.2) is 60.8 Å². The van der Waals surface area contributed by atoms with Crippen LogP contribution in [0.2, 0.25) is 5.02 Å². The minimum atomic E-state index is -0.309. The van der Waals surface area contributed by atoms with Gasteiger partial charge >= 0.3 is 6.03 Å². The van der Waals surface area contributed by atoms with Gasteiger partial charge < -0.3 is 15.4 Å². The summed E-state index contributed by atoms with van der Waals surface area (Å²) < 4.78 is 5.52. The molecular weight excluding hydrogens is 326 g/mol. The summed E-state index contributed by atoms with van der Waals surface area (Å²) in [4.78, 5) is 16.3. The van der Waals surface area contributed by atoms with Gasteiger partial charge in [-0.2, -0.15) is 0 Å². The van der Waals surface area contributed by atoms with Gasteiger partial charge in [-0.3, -0.25) is 4.98 Å². The number of fused-ring (bicyclic) bond motifs is 1. The van der Waals surface area contributed by atoms with Crippen molar-refractivity contribution in [1.29, 1.82) is 0 Å². The first-order valence-corrected chi connectivity index (χ1v) is 7.88. The Morgan fingerprint density at radius 2 is 1.92 bits per heavy atom. The number of para-hydroxylation sites is 2. The van der Waals surface area contributed by atoms with E-state index in [0.717, 1.165) is 10.9 Å². The Morgan fingerprint density at radius 1 is 1.08 bits per heavy atom. The van der Waals surface area contributed by atoms with E-state index < -0.39 is 0 Å². The van der Waals surface area contributed by atoms with Crippen LogP contribution in [0.25, 0.3) is 10.9 Å². The second-order valence-electron chi connectivity index (χ2n) is 5.04. The Balaban J connectivity index is 1.51. The molecule has 0 atom stereocenters. The Kier molecular flexibility index (Phi) is 5.13. The highest BCUT2D eigenvalue weighted by molar-refractivity contribution is 6.32. The SMILES string of the molecule is O=C(NCCOc1ccccc1Cl)Nc1cccc2cccnc12. The fourth-order valence-corrected chi connectivity index (χ4v) is 2.45. The van der Waals surface area contributed by atoms with Gasteiger partial charge in [-0.05, 0) is 24.3 Å². The molecule has 2 amide bonds. The molecule has 3 aromatic rings. The van der Waals surface area contributed by atoms with Crippen LogP contribution in [0.4, 0.5) is 10.5 Å². The Bertz CT molecular complexity index is 849. The lowest BCUT2D eigenvalue weighted by Gasteiger charge is -2.11. The summed E-state index contributed by atoms with van der Waals surface area (Å²) in [6, 6.07) is 16.3. The van der Waals surface area contributed by atoms with Crippen molar-refractivity contribution in [2.24, 2.45) is 0 Å². The van der Waals surface area contributed by atoms with Crippen molar-refractivity contribution in [3.63, 3.8) is 0 Å². The third kappa shape index (κ3) is 3.94. The molecule has 0 aliphatic rings. The summed E-state index contributed by atoms with van der Waals surface area (Å²) in [6.07, 6.45) is 1.70. The Morgan fingerprint density at radius 3 is 2.79 bits per heavy atom. The highest BCUT2D eigenvalue weighted by atomic mass is 35.5. The molecule has 0 spiro atoms. The van der Waals surface area contributed by atoms with Crippen molar-refractivity contribution in [2.75, 3.05) is 18.5 Å². The molecule has 0 bridgehead atoms. The van der Waals surface area contributed by atoms with Crippen LogP contribution >= 0.6 is 11.6 Å². The van der Waals surface area contributed by atoms with Crippen molar-refractivity contribution < 1.29 is 9.53 Å². The van der Waals surface area contributed by atoms with E-state index in [1.165, 1.54) is 0 Å². The molecule has 6 heteroatoms. The molecule has 1 aromatic heterocycles. The standard InChI is InChI=1S/C18H16ClN3O2/c19-14-7-1-2-9-16(14)24-12-11-21-18(23)22-15-8-3-5-13-6-4-10-20-17(13)15/h1-10H,11-12H2,(H2,21,22,23). The van der Waals surface area contributed by atoms with Gasteiger partial charge in [0.2, 0.25) is 0 Å².